The smallest absolute Gasteiger partial charge is 0.268 e. The summed E-state index contributed by atoms with van der Waals surface area (Å²) in [6.45, 7) is 4.63. The van der Waals surface area contributed by atoms with Crippen LogP contribution in [0.3, 0.4) is 0 Å². The highest BCUT2D eigenvalue weighted by molar-refractivity contribution is 7.45. The zero-order valence-electron chi connectivity index (χ0n) is 30.5. The molecule has 0 aliphatic rings. The van der Waals surface area contributed by atoms with Crippen molar-refractivity contribution in [3.63, 3.8) is 0 Å². The molecule has 272 valence electrons. The van der Waals surface area contributed by atoms with Crippen LogP contribution >= 0.6 is 7.82 Å². The fourth-order valence-corrected chi connectivity index (χ4v) is 5.87. The van der Waals surface area contributed by atoms with Gasteiger partial charge in [-0.25, -0.2) is 0 Å². The summed E-state index contributed by atoms with van der Waals surface area (Å²) in [5.74, 6) is -0.235. The van der Waals surface area contributed by atoms with E-state index in [9.17, 15) is 19.4 Å². The highest BCUT2D eigenvalue weighted by atomic mass is 31.2. The number of quaternary nitrogens is 1. The van der Waals surface area contributed by atoms with Crippen LogP contribution in [-0.4, -0.2) is 68.5 Å². The van der Waals surface area contributed by atoms with E-state index in [1.807, 2.05) is 27.2 Å². The molecule has 46 heavy (non-hydrogen) atoms. The minimum Gasteiger partial charge on any atom is -0.756 e. The second kappa shape index (κ2) is 30.1. The zero-order chi connectivity index (χ0) is 34.4. The Hall–Kier alpha value is -1.02. The molecule has 0 aromatic rings. The molecule has 0 aliphatic heterocycles. The first kappa shape index (κ1) is 45.0. The number of phosphoric acid groups is 1. The van der Waals surface area contributed by atoms with Crippen LogP contribution in [0, 0.1) is 0 Å². The van der Waals surface area contributed by atoms with E-state index in [-0.39, 0.29) is 25.5 Å². The number of carbonyl (C=O) groups is 1. The summed E-state index contributed by atoms with van der Waals surface area (Å²) >= 11 is 0. The second-order valence-corrected chi connectivity index (χ2v) is 15.3. The van der Waals surface area contributed by atoms with Crippen LogP contribution in [0.15, 0.2) is 24.3 Å². The van der Waals surface area contributed by atoms with Gasteiger partial charge in [0.1, 0.15) is 13.2 Å². The maximum absolute atomic E-state index is 12.7. The van der Waals surface area contributed by atoms with Crippen LogP contribution in [0.25, 0.3) is 0 Å². The van der Waals surface area contributed by atoms with E-state index in [4.69, 9.17) is 9.05 Å². The summed E-state index contributed by atoms with van der Waals surface area (Å²) in [4.78, 5) is 25.1. The molecule has 0 aliphatic carbocycles. The Balaban J connectivity index is 4.58. The predicted molar refractivity (Wildman–Crippen MR) is 192 cm³/mol. The third kappa shape index (κ3) is 31.6. The maximum Gasteiger partial charge on any atom is 0.268 e. The highest BCUT2D eigenvalue weighted by Crippen LogP contribution is 2.38. The van der Waals surface area contributed by atoms with Gasteiger partial charge in [0.25, 0.3) is 7.82 Å². The van der Waals surface area contributed by atoms with Gasteiger partial charge in [0.2, 0.25) is 5.91 Å². The molecule has 0 radical (unpaired) electrons. The van der Waals surface area contributed by atoms with Gasteiger partial charge >= 0.3 is 0 Å². The lowest BCUT2D eigenvalue weighted by molar-refractivity contribution is -0.870. The van der Waals surface area contributed by atoms with Gasteiger partial charge in [-0.1, -0.05) is 141 Å². The van der Waals surface area contributed by atoms with E-state index in [2.05, 4.69) is 37.4 Å². The average Bonchev–Trinajstić information content (AvgIpc) is 2.99. The van der Waals surface area contributed by atoms with Gasteiger partial charge in [-0.3, -0.25) is 9.36 Å². The van der Waals surface area contributed by atoms with Crippen molar-refractivity contribution >= 4 is 13.7 Å². The van der Waals surface area contributed by atoms with Crippen molar-refractivity contribution in [1.29, 1.82) is 0 Å². The number of allylic oxidation sites excluding steroid dienone is 4. The van der Waals surface area contributed by atoms with E-state index < -0.39 is 20.0 Å². The fraction of sp³-hybridized carbons (Fsp3) is 0.865. The molecule has 0 heterocycles. The first-order valence-electron chi connectivity index (χ1n) is 18.7. The lowest BCUT2D eigenvalue weighted by atomic mass is 10.0. The first-order chi connectivity index (χ1) is 22.0. The van der Waals surface area contributed by atoms with E-state index in [0.717, 1.165) is 32.1 Å². The lowest BCUT2D eigenvalue weighted by Gasteiger charge is -2.30. The topological polar surface area (TPSA) is 108 Å². The van der Waals surface area contributed by atoms with Gasteiger partial charge in [-0.2, -0.15) is 0 Å². The van der Waals surface area contributed by atoms with E-state index in [1.165, 1.54) is 89.9 Å². The third-order valence-electron chi connectivity index (χ3n) is 8.21. The number of likely N-dealkylation sites (N-methyl/N-ethyl adjacent to an activating group) is 1. The van der Waals surface area contributed by atoms with Crippen LogP contribution in [0.2, 0.25) is 0 Å². The minimum atomic E-state index is -4.56. The van der Waals surface area contributed by atoms with E-state index in [0.29, 0.717) is 23.9 Å². The Morgan fingerprint density at radius 3 is 1.80 bits per heavy atom. The van der Waals surface area contributed by atoms with Crippen LogP contribution < -0.4 is 10.2 Å². The Kier molecular flexibility index (Phi) is 29.4. The molecular weight excluding hydrogens is 599 g/mol. The molecule has 0 rings (SSSR count). The van der Waals surface area contributed by atoms with Gasteiger partial charge < -0.3 is 28.8 Å². The highest BCUT2D eigenvalue weighted by Gasteiger charge is 2.24. The Morgan fingerprint density at radius 2 is 1.26 bits per heavy atom. The summed E-state index contributed by atoms with van der Waals surface area (Å²) in [5.41, 5.74) is 0. The number of nitrogens with one attached hydrogen (secondary N) is 1. The average molecular weight is 673 g/mol. The van der Waals surface area contributed by atoms with Crippen LogP contribution in [0.1, 0.15) is 155 Å². The van der Waals surface area contributed by atoms with Crippen molar-refractivity contribution in [2.24, 2.45) is 0 Å². The Morgan fingerprint density at radius 1 is 0.761 bits per heavy atom. The zero-order valence-corrected chi connectivity index (χ0v) is 31.4. The number of phosphoric ester groups is 1. The van der Waals surface area contributed by atoms with E-state index >= 15 is 0 Å². The number of aliphatic hydroxyl groups excluding tert-OH is 1. The van der Waals surface area contributed by atoms with Gasteiger partial charge in [0, 0.05) is 6.42 Å². The van der Waals surface area contributed by atoms with Gasteiger partial charge in [-0.05, 0) is 32.1 Å². The number of nitrogens with zero attached hydrogens (tertiary/aromatic N) is 1. The molecule has 2 N–H and O–H groups in total. The van der Waals surface area contributed by atoms with E-state index in [1.54, 1.807) is 0 Å². The van der Waals surface area contributed by atoms with Gasteiger partial charge in [0.15, 0.2) is 0 Å². The number of hydrogen-bond acceptors (Lipinski definition) is 6. The molecule has 0 saturated carbocycles. The van der Waals surface area contributed by atoms with Crippen molar-refractivity contribution in [3.05, 3.63) is 24.3 Å². The second-order valence-electron chi connectivity index (χ2n) is 13.9. The third-order valence-corrected chi connectivity index (χ3v) is 9.17. The molecule has 0 saturated heterocycles. The molecule has 0 bridgehead atoms. The summed E-state index contributed by atoms with van der Waals surface area (Å²) < 4.78 is 23.1. The van der Waals surface area contributed by atoms with Gasteiger partial charge in [-0.15, -0.1) is 0 Å². The van der Waals surface area contributed by atoms with Crippen molar-refractivity contribution in [2.45, 2.75) is 167 Å². The summed E-state index contributed by atoms with van der Waals surface area (Å²) in [7, 11) is 1.27. The standard InChI is InChI=1S/C37H73N2O6P/c1-6-8-10-12-14-16-18-19-21-23-25-27-29-31-37(41)38-35(34-45-46(42,43)44-33-32-39(3,4)5)36(40)30-28-26-24-22-20-17-15-13-11-9-7-2/h19,21,25,27,35-36,40H,6-18,20,22-24,26,28-34H2,1-5H3,(H-,38,41,42,43)/b21-19-,27-25-. The molecule has 8 nitrogen and oxygen atoms in total. The van der Waals surface area contributed by atoms with Crippen molar-refractivity contribution < 1.29 is 32.9 Å². The van der Waals surface area contributed by atoms with Crippen LogP contribution in [0.5, 0.6) is 0 Å². The molecule has 1 amide bonds. The molecular formula is C37H73N2O6P. The predicted octanol–water partition coefficient (Wildman–Crippen LogP) is 8.77. The molecule has 0 aromatic heterocycles. The molecule has 9 heteroatoms. The quantitative estimate of drug-likeness (QED) is 0.0312. The van der Waals surface area contributed by atoms with Crippen LogP contribution in [-0.2, 0) is 18.4 Å². The Labute approximate surface area is 284 Å². The number of carbonyl (C=O) groups excluding carboxylic acids is 1. The number of rotatable bonds is 33. The number of aliphatic hydroxyl groups is 1. The number of unbranched alkanes of at least 4 members (excludes halogenated alkanes) is 16. The SMILES string of the molecule is CCCCCCCC/C=C\C/C=C\CCC(=O)NC(COP(=O)([O-])OCC[N+](C)(C)C)C(O)CCCCCCCCCCCCC. The largest absolute Gasteiger partial charge is 0.756 e. The number of amides is 1. The Bertz CT molecular complexity index is 814. The summed E-state index contributed by atoms with van der Waals surface area (Å²) in [5, 5.41) is 13.7. The van der Waals surface area contributed by atoms with Crippen molar-refractivity contribution in [1.82, 2.24) is 5.32 Å². The lowest BCUT2D eigenvalue weighted by Crippen LogP contribution is -2.46. The molecule has 3 atom stereocenters. The maximum atomic E-state index is 12.7. The van der Waals surface area contributed by atoms with Crippen molar-refractivity contribution in [3.8, 4) is 0 Å². The first-order valence-corrected chi connectivity index (χ1v) is 20.1. The summed E-state index contributed by atoms with van der Waals surface area (Å²) in [6.07, 6.45) is 31.9. The fourth-order valence-electron chi connectivity index (χ4n) is 5.15. The van der Waals surface area contributed by atoms with Crippen LogP contribution in [0.4, 0.5) is 0 Å². The minimum absolute atomic E-state index is 0.00314. The molecule has 0 fully saturated rings. The van der Waals surface area contributed by atoms with Gasteiger partial charge in [0.05, 0.1) is 39.9 Å². The normalized spacial score (nSPS) is 15.0. The monoisotopic (exact) mass is 673 g/mol. The molecule has 0 spiro atoms. The molecule has 3 unspecified atom stereocenters. The molecule has 0 aromatic carbocycles. The number of hydrogen-bond donors (Lipinski definition) is 2. The van der Waals surface area contributed by atoms with Crippen molar-refractivity contribution in [2.75, 3.05) is 40.9 Å². The summed E-state index contributed by atoms with van der Waals surface area (Å²) in [6, 6.07) is -0.825.